The normalized spacial score (nSPS) is 14.9. The summed E-state index contributed by atoms with van der Waals surface area (Å²) in [5.41, 5.74) is -3.52. The minimum absolute atomic E-state index is 0.000726. The zero-order chi connectivity index (χ0) is 25.4. The highest BCUT2D eigenvalue weighted by Gasteiger charge is 2.37. The standard InChI is InChI=1S/C20H13F6N7O2/c21-19(22,23)13-7-12(8-14(9-13)20(24,25)26)18-29-11-31(30-18)5-1-16(34)32-6-2-17(35)33(32)15-10-27-3-4-28-15/h1,3-5,7-11H,2,6H2. The lowest BCUT2D eigenvalue weighted by atomic mass is 10.0. The third kappa shape index (κ3) is 5.12. The number of rotatable bonds is 4. The van der Waals surface area contributed by atoms with E-state index >= 15 is 0 Å². The molecule has 0 N–H and O–H groups in total. The molecule has 1 saturated heterocycles. The van der Waals surface area contributed by atoms with Crippen molar-refractivity contribution in [2.24, 2.45) is 0 Å². The summed E-state index contributed by atoms with van der Waals surface area (Å²) in [5.74, 6) is -1.33. The first-order valence-electron chi connectivity index (χ1n) is 9.73. The van der Waals surface area contributed by atoms with Crippen molar-refractivity contribution in [3.63, 3.8) is 0 Å². The van der Waals surface area contributed by atoms with Crippen molar-refractivity contribution in [3.8, 4) is 11.4 Å². The van der Waals surface area contributed by atoms with Crippen molar-refractivity contribution in [2.45, 2.75) is 18.8 Å². The van der Waals surface area contributed by atoms with Crippen LogP contribution in [0.25, 0.3) is 17.6 Å². The molecule has 1 fully saturated rings. The van der Waals surface area contributed by atoms with E-state index in [-0.39, 0.29) is 30.8 Å². The molecule has 0 radical (unpaired) electrons. The molecule has 1 aromatic carbocycles. The van der Waals surface area contributed by atoms with Gasteiger partial charge in [-0.15, -0.1) is 5.10 Å². The van der Waals surface area contributed by atoms with Crippen LogP contribution >= 0.6 is 0 Å². The third-order valence-corrected chi connectivity index (χ3v) is 4.76. The van der Waals surface area contributed by atoms with Gasteiger partial charge in [-0.1, -0.05) is 0 Å². The number of carbonyl (C=O) groups is 2. The van der Waals surface area contributed by atoms with E-state index in [1.807, 2.05) is 0 Å². The molecule has 9 nitrogen and oxygen atoms in total. The number of anilines is 1. The lowest BCUT2D eigenvalue weighted by molar-refractivity contribution is -0.143. The maximum atomic E-state index is 13.1. The number of benzene rings is 1. The summed E-state index contributed by atoms with van der Waals surface area (Å²) in [6.45, 7) is 0.0612. The molecule has 2 amide bonds. The Morgan fingerprint density at radius 3 is 2.26 bits per heavy atom. The van der Waals surface area contributed by atoms with Crippen LogP contribution in [0.4, 0.5) is 32.2 Å². The molecule has 182 valence electrons. The summed E-state index contributed by atoms with van der Waals surface area (Å²) in [5, 5.41) is 5.98. The molecule has 4 rings (SSSR count). The van der Waals surface area contributed by atoms with Crippen molar-refractivity contribution in [1.29, 1.82) is 0 Å². The van der Waals surface area contributed by atoms with E-state index in [9.17, 15) is 35.9 Å². The summed E-state index contributed by atoms with van der Waals surface area (Å²) in [6, 6.07) is 0.996. The molecular formula is C20H13F6N7O2. The predicted octanol–water partition coefficient (Wildman–Crippen LogP) is 3.42. The lowest BCUT2D eigenvalue weighted by Crippen LogP contribution is -2.43. The second-order valence-corrected chi connectivity index (χ2v) is 7.14. The van der Waals surface area contributed by atoms with Crippen LogP contribution in [0.15, 0.2) is 49.2 Å². The van der Waals surface area contributed by atoms with E-state index in [1.165, 1.54) is 18.6 Å². The van der Waals surface area contributed by atoms with E-state index in [0.29, 0.717) is 12.1 Å². The number of nitrogens with zero attached hydrogens (tertiary/aromatic N) is 7. The number of hydrazine groups is 1. The fourth-order valence-corrected chi connectivity index (χ4v) is 3.19. The molecule has 0 bridgehead atoms. The van der Waals surface area contributed by atoms with Crippen LogP contribution in [0.3, 0.4) is 0 Å². The smallest absolute Gasteiger partial charge is 0.272 e. The Balaban J connectivity index is 1.57. The Morgan fingerprint density at radius 1 is 0.971 bits per heavy atom. The lowest BCUT2D eigenvalue weighted by Gasteiger charge is -2.25. The predicted molar refractivity (Wildman–Crippen MR) is 107 cm³/mol. The fraction of sp³-hybridized carbons (Fsp3) is 0.200. The van der Waals surface area contributed by atoms with Gasteiger partial charge in [0.25, 0.3) is 5.91 Å². The van der Waals surface area contributed by atoms with Crippen molar-refractivity contribution < 1.29 is 35.9 Å². The number of halogens is 6. The summed E-state index contributed by atoms with van der Waals surface area (Å²) < 4.78 is 79.5. The number of aromatic nitrogens is 5. The monoisotopic (exact) mass is 497 g/mol. The van der Waals surface area contributed by atoms with Crippen molar-refractivity contribution >= 4 is 23.8 Å². The van der Waals surface area contributed by atoms with Crippen LogP contribution in [0.2, 0.25) is 0 Å². The van der Waals surface area contributed by atoms with Gasteiger partial charge in [-0.25, -0.2) is 19.7 Å². The Labute approximate surface area is 192 Å². The number of carbonyl (C=O) groups excluding carboxylic acids is 2. The average Bonchev–Trinajstić information content (AvgIpc) is 3.43. The summed E-state index contributed by atoms with van der Waals surface area (Å²) in [4.78, 5) is 36.4. The number of alkyl halides is 6. The molecule has 15 heteroatoms. The fourth-order valence-electron chi connectivity index (χ4n) is 3.19. The maximum Gasteiger partial charge on any atom is 0.416 e. The minimum Gasteiger partial charge on any atom is -0.272 e. The summed E-state index contributed by atoms with van der Waals surface area (Å²) in [7, 11) is 0. The van der Waals surface area contributed by atoms with Crippen LogP contribution < -0.4 is 5.01 Å². The molecular weight excluding hydrogens is 484 g/mol. The zero-order valence-corrected chi connectivity index (χ0v) is 17.3. The average molecular weight is 497 g/mol. The molecule has 2 aromatic heterocycles. The SMILES string of the molecule is O=C(C=Cn1cnc(-c2cc(C(F)(F)F)cc(C(F)(F)F)c2)n1)N1CCC(=O)N1c1cnccn1. The largest absolute Gasteiger partial charge is 0.416 e. The highest BCUT2D eigenvalue weighted by Crippen LogP contribution is 2.38. The van der Waals surface area contributed by atoms with E-state index in [0.717, 1.165) is 33.3 Å². The van der Waals surface area contributed by atoms with Gasteiger partial charge in [0.2, 0.25) is 5.91 Å². The van der Waals surface area contributed by atoms with Gasteiger partial charge in [0, 0.05) is 36.7 Å². The molecule has 0 aliphatic carbocycles. The van der Waals surface area contributed by atoms with E-state index in [2.05, 4.69) is 20.1 Å². The second-order valence-electron chi connectivity index (χ2n) is 7.14. The van der Waals surface area contributed by atoms with Gasteiger partial charge < -0.3 is 0 Å². The first-order valence-corrected chi connectivity index (χ1v) is 9.73. The Morgan fingerprint density at radius 2 is 1.66 bits per heavy atom. The Bertz CT molecular complexity index is 1250. The molecule has 3 heterocycles. The molecule has 1 aliphatic heterocycles. The van der Waals surface area contributed by atoms with Crippen LogP contribution in [-0.4, -0.2) is 48.1 Å². The highest BCUT2D eigenvalue weighted by molar-refractivity contribution is 6.01. The molecule has 0 saturated carbocycles. The van der Waals surface area contributed by atoms with Crippen LogP contribution in [0.1, 0.15) is 17.5 Å². The first-order chi connectivity index (χ1) is 16.4. The van der Waals surface area contributed by atoms with E-state index < -0.39 is 40.8 Å². The van der Waals surface area contributed by atoms with Gasteiger partial charge in [0.15, 0.2) is 11.6 Å². The summed E-state index contributed by atoms with van der Waals surface area (Å²) in [6.07, 6.45) is -2.87. The van der Waals surface area contributed by atoms with Gasteiger partial charge in [0.05, 0.1) is 23.9 Å². The molecule has 3 aromatic rings. The van der Waals surface area contributed by atoms with Crippen molar-refractivity contribution in [2.75, 3.05) is 11.6 Å². The van der Waals surface area contributed by atoms with Gasteiger partial charge in [0.1, 0.15) is 6.33 Å². The van der Waals surface area contributed by atoms with Crippen molar-refractivity contribution in [3.05, 3.63) is 60.3 Å². The van der Waals surface area contributed by atoms with Crippen LogP contribution in [0, 0.1) is 0 Å². The first kappa shape index (κ1) is 23.8. The second kappa shape index (κ2) is 8.81. The quantitative estimate of drug-likeness (QED) is 0.405. The number of amides is 2. The molecule has 1 aliphatic rings. The third-order valence-electron chi connectivity index (χ3n) is 4.76. The van der Waals surface area contributed by atoms with Crippen LogP contribution in [0.5, 0.6) is 0 Å². The van der Waals surface area contributed by atoms with Gasteiger partial charge in [-0.3, -0.25) is 14.6 Å². The molecule has 0 spiro atoms. The topological polar surface area (TPSA) is 97.1 Å². The minimum atomic E-state index is -5.02. The maximum absolute atomic E-state index is 13.1. The number of hydrogen-bond donors (Lipinski definition) is 0. The van der Waals surface area contributed by atoms with Gasteiger partial charge >= 0.3 is 12.4 Å². The molecule has 35 heavy (non-hydrogen) atoms. The van der Waals surface area contributed by atoms with Crippen molar-refractivity contribution in [1.82, 2.24) is 29.7 Å². The van der Waals surface area contributed by atoms with Gasteiger partial charge in [-0.05, 0) is 18.2 Å². The zero-order valence-electron chi connectivity index (χ0n) is 17.3. The van der Waals surface area contributed by atoms with E-state index in [1.54, 1.807) is 0 Å². The highest BCUT2D eigenvalue weighted by atomic mass is 19.4. The number of hydrogen-bond acceptors (Lipinski definition) is 6. The molecule has 0 atom stereocenters. The van der Waals surface area contributed by atoms with Crippen LogP contribution in [-0.2, 0) is 21.9 Å². The Hall–Kier alpha value is -4.30. The molecule has 0 unspecified atom stereocenters. The van der Waals surface area contributed by atoms with Gasteiger partial charge in [-0.2, -0.15) is 31.4 Å². The van der Waals surface area contributed by atoms with E-state index in [4.69, 9.17) is 0 Å². The Kier molecular flexibility index (Phi) is 6.00. The summed E-state index contributed by atoms with van der Waals surface area (Å²) >= 11 is 0.